The van der Waals surface area contributed by atoms with Gasteiger partial charge in [0.2, 0.25) is 0 Å². The van der Waals surface area contributed by atoms with Crippen molar-refractivity contribution in [1.29, 1.82) is 0 Å². The summed E-state index contributed by atoms with van der Waals surface area (Å²) in [5, 5.41) is -1.14. The number of Topliss-reactive ketones (excluding diaryl/α,β-unsaturated/α-hetero) is 1. The molecule has 4 heteroatoms. The first-order chi connectivity index (χ1) is 10.4. The van der Waals surface area contributed by atoms with Crippen LogP contribution in [0.4, 0.5) is 0 Å². The molecule has 22 heavy (non-hydrogen) atoms. The standard InChI is InChI=1S/C18H20O3S/c1-14(2)13-17(19)18(15-9-5-3-6-10-15)22(20,21)16-11-7-4-8-12-16/h3-12,14,18H,13H2,1-2H3. The maximum atomic E-state index is 12.9. The Hall–Kier alpha value is -1.94. The first-order valence-electron chi connectivity index (χ1n) is 7.29. The van der Waals surface area contributed by atoms with E-state index in [4.69, 9.17) is 0 Å². The summed E-state index contributed by atoms with van der Waals surface area (Å²) in [6.07, 6.45) is 0.242. The molecule has 0 N–H and O–H groups in total. The van der Waals surface area contributed by atoms with Crippen molar-refractivity contribution >= 4 is 15.6 Å². The van der Waals surface area contributed by atoms with Crippen molar-refractivity contribution in [3.8, 4) is 0 Å². The molecule has 0 radical (unpaired) electrons. The molecule has 0 aliphatic carbocycles. The molecule has 2 aromatic carbocycles. The van der Waals surface area contributed by atoms with E-state index in [0.717, 1.165) is 0 Å². The van der Waals surface area contributed by atoms with Crippen LogP contribution in [0.3, 0.4) is 0 Å². The lowest BCUT2D eigenvalue weighted by molar-refractivity contribution is -0.119. The number of hydrogen-bond acceptors (Lipinski definition) is 3. The molecular formula is C18H20O3S. The van der Waals surface area contributed by atoms with Crippen LogP contribution < -0.4 is 0 Å². The van der Waals surface area contributed by atoms with E-state index < -0.39 is 15.1 Å². The van der Waals surface area contributed by atoms with Crippen molar-refractivity contribution in [2.24, 2.45) is 5.92 Å². The van der Waals surface area contributed by atoms with Crippen molar-refractivity contribution in [3.63, 3.8) is 0 Å². The quantitative estimate of drug-likeness (QED) is 0.814. The van der Waals surface area contributed by atoms with E-state index in [-0.39, 0.29) is 23.0 Å². The molecule has 0 aromatic heterocycles. The first kappa shape index (κ1) is 16.4. The highest BCUT2D eigenvalue weighted by Crippen LogP contribution is 2.31. The zero-order chi connectivity index (χ0) is 16.2. The van der Waals surface area contributed by atoms with Gasteiger partial charge in [0, 0.05) is 6.42 Å². The van der Waals surface area contributed by atoms with Crippen LogP contribution in [0.25, 0.3) is 0 Å². The Kier molecular flexibility index (Phi) is 5.14. The molecule has 0 spiro atoms. The maximum Gasteiger partial charge on any atom is 0.192 e. The summed E-state index contributed by atoms with van der Waals surface area (Å²) in [6.45, 7) is 3.82. The molecule has 0 saturated heterocycles. The van der Waals surface area contributed by atoms with Crippen molar-refractivity contribution in [2.45, 2.75) is 30.4 Å². The van der Waals surface area contributed by atoms with E-state index in [2.05, 4.69) is 0 Å². The van der Waals surface area contributed by atoms with Gasteiger partial charge in [0.05, 0.1) is 4.90 Å². The SMILES string of the molecule is CC(C)CC(=O)C(c1ccccc1)S(=O)(=O)c1ccccc1. The molecule has 0 heterocycles. The van der Waals surface area contributed by atoms with Gasteiger partial charge in [-0.05, 0) is 23.6 Å². The van der Waals surface area contributed by atoms with Gasteiger partial charge in [-0.25, -0.2) is 8.42 Å². The van der Waals surface area contributed by atoms with E-state index in [0.29, 0.717) is 5.56 Å². The highest BCUT2D eigenvalue weighted by molar-refractivity contribution is 7.92. The van der Waals surface area contributed by atoms with Crippen LogP contribution in [0.15, 0.2) is 65.6 Å². The third-order valence-electron chi connectivity index (χ3n) is 3.39. The predicted octanol–water partition coefficient (Wildman–Crippen LogP) is 3.82. The summed E-state index contributed by atoms with van der Waals surface area (Å²) >= 11 is 0. The van der Waals surface area contributed by atoms with Crippen molar-refractivity contribution in [2.75, 3.05) is 0 Å². The lowest BCUT2D eigenvalue weighted by Gasteiger charge is -2.18. The highest BCUT2D eigenvalue weighted by Gasteiger charge is 2.35. The van der Waals surface area contributed by atoms with Crippen LogP contribution in [-0.2, 0) is 14.6 Å². The summed E-state index contributed by atoms with van der Waals surface area (Å²) in [5.41, 5.74) is 0.525. The van der Waals surface area contributed by atoms with Gasteiger partial charge in [-0.15, -0.1) is 0 Å². The van der Waals surface area contributed by atoms with E-state index in [9.17, 15) is 13.2 Å². The van der Waals surface area contributed by atoms with Crippen LogP contribution in [-0.4, -0.2) is 14.2 Å². The van der Waals surface area contributed by atoms with E-state index in [1.54, 1.807) is 42.5 Å². The summed E-state index contributed by atoms with van der Waals surface area (Å²) in [4.78, 5) is 12.8. The molecule has 0 bridgehead atoms. The predicted molar refractivity (Wildman–Crippen MR) is 87.3 cm³/mol. The second-order valence-corrected chi connectivity index (χ2v) is 7.75. The van der Waals surface area contributed by atoms with Crippen LogP contribution in [0, 0.1) is 5.92 Å². The number of hydrogen-bond donors (Lipinski definition) is 0. The molecule has 0 amide bonds. The second kappa shape index (κ2) is 6.88. The number of rotatable bonds is 6. The number of benzene rings is 2. The van der Waals surface area contributed by atoms with Crippen molar-refractivity contribution in [3.05, 3.63) is 66.2 Å². The monoisotopic (exact) mass is 316 g/mol. The average Bonchev–Trinajstić information content (AvgIpc) is 2.48. The lowest BCUT2D eigenvalue weighted by Crippen LogP contribution is -2.23. The molecule has 1 unspecified atom stereocenters. The van der Waals surface area contributed by atoms with Gasteiger partial charge in [-0.2, -0.15) is 0 Å². The summed E-state index contributed by atoms with van der Waals surface area (Å²) in [5.74, 6) is -0.144. The Morgan fingerprint density at radius 2 is 1.41 bits per heavy atom. The average molecular weight is 316 g/mol. The van der Waals surface area contributed by atoms with Gasteiger partial charge >= 0.3 is 0 Å². The minimum absolute atomic E-state index is 0.115. The van der Waals surface area contributed by atoms with Crippen LogP contribution in [0.1, 0.15) is 31.1 Å². The van der Waals surface area contributed by atoms with Gasteiger partial charge < -0.3 is 0 Å². The second-order valence-electron chi connectivity index (χ2n) is 5.71. The largest absolute Gasteiger partial charge is 0.298 e. The smallest absolute Gasteiger partial charge is 0.192 e. The van der Waals surface area contributed by atoms with E-state index >= 15 is 0 Å². The molecular weight excluding hydrogens is 296 g/mol. The third-order valence-corrected chi connectivity index (χ3v) is 5.47. The zero-order valence-electron chi connectivity index (χ0n) is 12.8. The third kappa shape index (κ3) is 3.63. The van der Waals surface area contributed by atoms with Gasteiger partial charge in [-0.1, -0.05) is 62.4 Å². The Morgan fingerprint density at radius 3 is 1.91 bits per heavy atom. The number of carbonyl (C=O) groups is 1. The minimum Gasteiger partial charge on any atom is -0.298 e. The van der Waals surface area contributed by atoms with Gasteiger partial charge in [-0.3, -0.25) is 4.79 Å². The Morgan fingerprint density at radius 1 is 0.909 bits per heavy atom. The fraction of sp³-hybridized carbons (Fsp3) is 0.278. The van der Waals surface area contributed by atoms with Crippen LogP contribution >= 0.6 is 0 Å². The summed E-state index contributed by atoms with van der Waals surface area (Å²) < 4.78 is 25.9. The van der Waals surface area contributed by atoms with Gasteiger partial charge in [0.15, 0.2) is 15.6 Å². The molecule has 3 nitrogen and oxygen atoms in total. The molecule has 0 saturated carbocycles. The molecule has 0 aliphatic heterocycles. The molecule has 116 valence electrons. The topological polar surface area (TPSA) is 51.2 Å². The number of ketones is 1. The minimum atomic E-state index is -3.75. The fourth-order valence-corrected chi connectivity index (χ4v) is 4.19. The van der Waals surface area contributed by atoms with Crippen molar-refractivity contribution < 1.29 is 13.2 Å². The van der Waals surface area contributed by atoms with E-state index in [1.807, 2.05) is 19.9 Å². The van der Waals surface area contributed by atoms with Gasteiger partial charge in [0.25, 0.3) is 0 Å². The lowest BCUT2D eigenvalue weighted by atomic mass is 10.0. The highest BCUT2D eigenvalue weighted by atomic mass is 32.2. The van der Waals surface area contributed by atoms with E-state index in [1.165, 1.54) is 12.1 Å². The summed E-state index contributed by atoms with van der Waals surface area (Å²) in [6, 6.07) is 16.9. The molecule has 0 fully saturated rings. The normalized spacial score (nSPS) is 13.0. The fourth-order valence-electron chi connectivity index (χ4n) is 2.42. The number of carbonyl (C=O) groups excluding carboxylic acids is 1. The summed E-state index contributed by atoms with van der Waals surface area (Å²) in [7, 11) is -3.75. The van der Waals surface area contributed by atoms with Crippen molar-refractivity contribution in [1.82, 2.24) is 0 Å². The molecule has 2 rings (SSSR count). The van der Waals surface area contributed by atoms with Crippen LogP contribution in [0.5, 0.6) is 0 Å². The Bertz CT molecular complexity index is 719. The Labute approximate surface area is 131 Å². The van der Waals surface area contributed by atoms with Gasteiger partial charge in [0.1, 0.15) is 5.25 Å². The molecule has 0 aliphatic rings. The number of sulfone groups is 1. The zero-order valence-corrected chi connectivity index (χ0v) is 13.6. The molecule has 2 aromatic rings. The molecule has 1 atom stereocenters. The first-order valence-corrected chi connectivity index (χ1v) is 8.84. The Balaban J connectivity index is 2.52. The van der Waals surface area contributed by atoms with Crippen LogP contribution in [0.2, 0.25) is 0 Å². The maximum absolute atomic E-state index is 12.9.